The van der Waals surface area contributed by atoms with Crippen LogP contribution in [0.3, 0.4) is 0 Å². The zero-order valence-electron chi connectivity index (χ0n) is 10.1. The Labute approximate surface area is 101 Å². The lowest BCUT2D eigenvalue weighted by Gasteiger charge is -2.08. The van der Waals surface area contributed by atoms with Crippen molar-refractivity contribution in [2.24, 2.45) is 5.73 Å². The van der Waals surface area contributed by atoms with Gasteiger partial charge in [-0.2, -0.15) is 0 Å². The summed E-state index contributed by atoms with van der Waals surface area (Å²) in [5, 5.41) is 0. The molecule has 2 aromatic rings. The van der Waals surface area contributed by atoms with Crippen molar-refractivity contribution in [3.05, 3.63) is 53.2 Å². The lowest BCUT2D eigenvalue weighted by Crippen LogP contribution is -1.97. The number of aryl methyl sites for hydroxylation is 2. The molecule has 0 spiro atoms. The molecule has 0 saturated carbocycles. The Morgan fingerprint density at radius 2 is 2.00 bits per heavy atom. The van der Waals surface area contributed by atoms with E-state index in [4.69, 9.17) is 10.5 Å². The standard InChI is InChI=1S/C14H16N2O/c1-10-3-4-11(2)13(7-10)17-14-6-5-12(8-15)9-16-14/h3-7,9H,8,15H2,1-2H3. The van der Waals surface area contributed by atoms with Crippen LogP contribution in [-0.2, 0) is 6.54 Å². The van der Waals surface area contributed by atoms with Crippen LogP contribution in [0.15, 0.2) is 36.5 Å². The van der Waals surface area contributed by atoms with Crippen molar-refractivity contribution in [2.45, 2.75) is 20.4 Å². The van der Waals surface area contributed by atoms with Gasteiger partial charge >= 0.3 is 0 Å². The van der Waals surface area contributed by atoms with Crippen LogP contribution in [0.25, 0.3) is 0 Å². The summed E-state index contributed by atoms with van der Waals surface area (Å²) in [7, 11) is 0. The van der Waals surface area contributed by atoms with Crippen molar-refractivity contribution >= 4 is 0 Å². The van der Waals surface area contributed by atoms with Crippen molar-refractivity contribution in [1.29, 1.82) is 0 Å². The smallest absolute Gasteiger partial charge is 0.219 e. The number of nitrogens with two attached hydrogens (primary N) is 1. The van der Waals surface area contributed by atoms with Crippen molar-refractivity contribution in [3.8, 4) is 11.6 Å². The summed E-state index contributed by atoms with van der Waals surface area (Å²) in [6.45, 7) is 4.55. The quantitative estimate of drug-likeness (QED) is 0.878. The predicted octanol–water partition coefficient (Wildman–Crippen LogP) is 2.95. The summed E-state index contributed by atoms with van der Waals surface area (Å²) in [6.07, 6.45) is 1.74. The highest BCUT2D eigenvalue weighted by Gasteiger charge is 2.02. The maximum Gasteiger partial charge on any atom is 0.219 e. The molecule has 0 aliphatic carbocycles. The molecule has 0 radical (unpaired) electrons. The van der Waals surface area contributed by atoms with E-state index in [1.807, 2.05) is 38.1 Å². The van der Waals surface area contributed by atoms with Gasteiger partial charge in [0.2, 0.25) is 5.88 Å². The molecule has 0 unspecified atom stereocenters. The minimum atomic E-state index is 0.497. The topological polar surface area (TPSA) is 48.1 Å². The third-order valence-corrected chi connectivity index (χ3v) is 2.59. The molecule has 17 heavy (non-hydrogen) atoms. The second-order valence-corrected chi connectivity index (χ2v) is 4.08. The molecule has 88 valence electrons. The molecule has 0 fully saturated rings. The highest BCUT2D eigenvalue weighted by molar-refractivity contribution is 5.38. The van der Waals surface area contributed by atoms with Crippen LogP contribution in [0, 0.1) is 13.8 Å². The maximum atomic E-state index is 5.74. The minimum absolute atomic E-state index is 0.497. The number of benzene rings is 1. The number of pyridine rings is 1. The average molecular weight is 228 g/mol. The molecule has 3 heteroatoms. The summed E-state index contributed by atoms with van der Waals surface area (Å²) >= 11 is 0. The Morgan fingerprint density at radius 3 is 2.65 bits per heavy atom. The molecule has 2 N–H and O–H groups in total. The number of ether oxygens (including phenoxy) is 1. The van der Waals surface area contributed by atoms with E-state index >= 15 is 0 Å². The van der Waals surface area contributed by atoms with Crippen LogP contribution in [0.4, 0.5) is 0 Å². The van der Waals surface area contributed by atoms with Gasteiger partial charge in [0.1, 0.15) is 5.75 Å². The Hall–Kier alpha value is -1.87. The highest BCUT2D eigenvalue weighted by Crippen LogP contribution is 2.24. The van der Waals surface area contributed by atoms with Gasteiger partial charge < -0.3 is 10.5 Å². The Kier molecular flexibility index (Phi) is 3.40. The molecule has 0 aliphatic heterocycles. The monoisotopic (exact) mass is 228 g/mol. The van der Waals surface area contributed by atoms with Gasteiger partial charge in [-0.3, -0.25) is 0 Å². The summed E-state index contributed by atoms with van der Waals surface area (Å²) in [6, 6.07) is 9.87. The summed E-state index contributed by atoms with van der Waals surface area (Å²) < 4.78 is 5.74. The number of hydrogen-bond acceptors (Lipinski definition) is 3. The summed E-state index contributed by atoms with van der Waals surface area (Å²) in [4.78, 5) is 4.21. The van der Waals surface area contributed by atoms with E-state index in [0.29, 0.717) is 12.4 Å². The van der Waals surface area contributed by atoms with Crippen LogP contribution in [0.1, 0.15) is 16.7 Å². The van der Waals surface area contributed by atoms with E-state index in [9.17, 15) is 0 Å². The normalized spacial score (nSPS) is 10.3. The second-order valence-electron chi connectivity index (χ2n) is 4.08. The molecular weight excluding hydrogens is 212 g/mol. The minimum Gasteiger partial charge on any atom is -0.439 e. The van der Waals surface area contributed by atoms with Gasteiger partial charge in [0, 0.05) is 18.8 Å². The zero-order valence-corrected chi connectivity index (χ0v) is 10.1. The SMILES string of the molecule is Cc1ccc(C)c(Oc2ccc(CN)cn2)c1. The van der Waals surface area contributed by atoms with Crippen LogP contribution in [0.5, 0.6) is 11.6 Å². The lowest BCUT2D eigenvalue weighted by molar-refractivity contribution is 0.458. The molecule has 1 heterocycles. The first-order valence-electron chi connectivity index (χ1n) is 5.59. The Balaban J connectivity index is 2.22. The van der Waals surface area contributed by atoms with Gasteiger partial charge in [0.25, 0.3) is 0 Å². The van der Waals surface area contributed by atoms with Crippen LogP contribution < -0.4 is 10.5 Å². The van der Waals surface area contributed by atoms with Crippen molar-refractivity contribution in [1.82, 2.24) is 4.98 Å². The van der Waals surface area contributed by atoms with Gasteiger partial charge in [-0.15, -0.1) is 0 Å². The van der Waals surface area contributed by atoms with E-state index in [1.165, 1.54) is 5.56 Å². The number of aromatic nitrogens is 1. The third kappa shape index (κ3) is 2.82. The van der Waals surface area contributed by atoms with Crippen molar-refractivity contribution in [3.63, 3.8) is 0 Å². The molecule has 1 aromatic carbocycles. The highest BCUT2D eigenvalue weighted by atomic mass is 16.5. The van der Waals surface area contributed by atoms with E-state index in [2.05, 4.69) is 11.1 Å². The summed E-state index contributed by atoms with van der Waals surface area (Å²) in [5.74, 6) is 1.44. The molecule has 2 rings (SSSR count). The number of nitrogens with zero attached hydrogens (tertiary/aromatic N) is 1. The summed E-state index contributed by atoms with van der Waals surface area (Å²) in [5.41, 5.74) is 8.78. The van der Waals surface area contributed by atoms with Gasteiger partial charge in [-0.25, -0.2) is 4.98 Å². The van der Waals surface area contributed by atoms with Gasteiger partial charge in [-0.05, 0) is 36.6 Å². The first kappa shape index (κ1) is 11.6. The van der Waals surface area contributed by atoms with E-state index in [0.717, 1.165) is 16.9 Å². The fourth-order valence-electron chi connectivity index (χ4n) is 1.52. The number of hydrogen-bond donors (Lipinski definition) is 1. The first-order valence-corrected chi connectivity index (χ1v) is 5.59. The fraction of sp³-hybridized carbons (Fsp3) is 0.214. The molecular formula is C14H16N2O. The second kappa shape index (κ2) is 4.97. The average Bonchev–Trinajstić information content (AvgIpc) is 2.35. The Morgan fingerprint density at radius 1 is 1.18 bits per heavy atom. The van der Waals surface area contributed by atoms with Crippen LogP contribution in [-0.4, -0.2) is 4.98 Å². The van der Waals surface area contributed by atoms with E-state index in [-0.39, 0.29) is 0 Å². The van der Waals surface area contributed by atoms with E-state index in [1.54, 1.807) is 6.20 Å². The van der Waals surface area contributed by atoms with Crippen LogP contribution in [0.2, 0.25) is 0 Å². The molecule has 0 saturated heterocycles. The molecule has 3 nitrogen and oxygen atoms in total. The maximum absolute atomic E-state index is 5.74. The first-order chi connectivity index (χ1) is 8.19. The van der Waals surface area contributed by atoms with E-state index < -0.39 is 0 Å². The Bertz CT molecular complexity index is 506. The van der Waals surface area contributed by atoms with Crippen LogP contribution >= 0.6 is 0 Å². The van der Waals surface area contributed by atoms with Crippen molar-refractivity contribution < 1.29 is 4.74 Å². The third-order valence-electron chi connectivity index (χ3n) is 2.59. The molecule has 0 amide bonds. The molecule has 0 atom stereocenters. The predicted molar refractivity (Wildman–Crippen MR) is 68.1 cm³/mol. The molecule has 1 aromatic heterocycles. The number of rotatable bonds is 3. The molecule has 0 bridgehead atoms. The largest absolute Gasteiger partial charge is 0.439 e. The van der Waals surface area contributed by atoms with Gasteiger partial charge in [-0.1, -0.05) is 18.2 Å². The fourth-order valence-corrected chi connectivity index (χ4v) is 1.52. The molecule has 0 aliphatic rings. The van der Waals surface area contributed by atoms with Gasteiger partial charge in [0.15, 0.2) is 0 Å². The van der Waals surface area contributed by atoms with Crippen molar-refractivity contribution in [2.75, 3.05) is 0 Å². The van der Waals surface area contributed by atoms with Gasteiger partial charge in [0.05, 0.1) is 0 Å². The lowest BCUT2D eigenvalue weighted by atomic mass is 10.1. The zero-order chi connectivity index (χ0) is 12.3.